The summed E-state index contributed by atoms with van der Waals surface area (Å²) in [5, 5.41) is 4.71. The van der Waals surface area contributed by atoms with E-state index in [1.165, 1.54) is 18.2 Å². The van der Waals surface area contributed by atoms with Crippen molar-refractivity contribution in [1.82, 2.24) is 9.97 Å². The number of benzene rings is 2. The van der Waals surface area contributed by atoms with Crippen molar-refractivity contribution in [2.45, 2.75) is 0 Å². The first-order chi connectivity index (χ1) is 12.8. The Morgan fingerprint density at radius 3 is 2.41 bits per heavy atom. The molecule has 3 rings (SSSR count). The van der Waals surface area contributed by atoms with Gasteiger partial charge in [0.1, 0.15) is 23.7 Å². The number of carbonyl (C=O) groups is 1. The molecule has 0 aliphatic rings. The number of anilines is 3. The molecule has 1 aromatic heterocycles. The van der Waals surface area contributed by atoms with E-state index in [1.54, 1.807) is 0 Å². The Morgan fingerprint density at radius 2 is 1.67 bits per heavy atom. The molecule has 2 aromatic carbocycles. The first-order valence-corrected chi connectivity index (χ1v) is 7.72. The molecule has 1 amide bonds. The van der Waals surface area contributed by atoms with Crippen LogP contribution in [0.5, 0.6) is 0 Å². The number of aromatic nitrogens is 2. The summed E-state index contributed by atoms with van der Waals surface area (Å²) in [4.78, 5) is 19.8. The van der Waals surface area contributed by atoms with Gasteiger partial charge in [-0.25, -0.2) is 27.5 Å². The first kappa shape index (κ1) is 18.6. The quantitative estimate of drug-likeness (QED) is 0.496. The van der Waals surface area contributed by atoms with Crippen LogP contribution in [0.2, 0.25) is 5.02 Å². The molecule has 0 unspecified atom stereocenters. The highest BCUT2D eigenvalue weighted by molar-refractivity contribution is 6.31. The number of nitrogens with zero attached hydrogens (tertiary/aromatic N) is 2. The molecule has 0 atom stereocenters. The fourth-order valence-corrected chi connectivity index (χ4v) is 2.26. The molecule has 27 heavy (non-hydrogen) atoms. The lowest BCUT2D eigenvalue weighted by Gasteiger charge is -2.09. The zero-order chi connectivity index (χ0) is 19.6. The van der Waals surface area contributed by atoms with Crippen LogP contribution in [0.25, 0.3) is 0 Å². The van der Waals surface area contributed by atoms with Crippen LogP contribution in [-0.4, -0.2) is 15.9 Å². The van der Waals surface area contributed by atoms with Crippen LogP contribution in [0, 0.1) is 23.3 Å². The zero-order valence-electron chi connectivity index (χ0n) is 13.2. The maximum Gasteiger partial charge on any atom is 0.274 e. The molecule has 5 nitrogen and oxygen atoms in total. The Bertz CT molecular complexity index is 1030. The van der Waals surface area contributed by atoms with Crippen molar-refractivity contribution >= 4 is 34.7 Å². The first-order valence-electron chi connectivity index (χ1n) is 7.34. The second-order valence-corrected chi connectivity index (χ2v) is 5.63. The molecule has 138 valence electrons. The molecule has 10 heteroatoms. The summed E-state index contributed by atoms with van der Waals surface area (Å²) in [6.45, 7) is 0. The van der Waals surface area contributed by atoms with Crippen molar-refractivity contribution in [3.05, 3.63) is 76.7 Å². The third kappa shape index (κ3) is 4.14. The van der Waals surface area contributed by atoms with E-state index in [-0.39, 0.29) is 27.9 Å². The lowest BCUT2D eigenvalue weighted by Crippen LogP contribution is -2.14. The Hall–Kier alpha value is -3.20. The highest BCUT2D eigenvalue weighted by Crippen LogP contribution is 2.23. The Morgan fingerprint density at radius 1 is 0.926 bits per heavy atom. The maximum absolute atomic E-state index is 13.7. The summed E-state index contributed by atoms with van der Waals surface area (Å²) in [5.41, 5.74) is -0.258. The van der Waals surface area contributed by atoms with Crippen molar-refractivity contribution in [2.24, 2.45) is 0 Å². The molecule has 0 fully saturated rings. The van der Waals surface area contributed by atoms with E-state index in [9.17, 15) is 22.4 Å². The third-order valence-electron chi connectivity index (χ3n) is 3.38. The van der Waals surface area contributed by atoms with Crippen molar-refractivity contribution in [1.29, 1.82) is 0 Å². The van der Waals surface area contributed by atoms with E-state index in [4.69, 9.17) is 11.6 Å². The van der Waals surface area contributed by atoms with Gasteiger partial charge in [-0.15, -0.1) is 0 Å². The van der Waals surface area contributed by atoms with Gasteiger partial charge in [-0.1, -0.05) is 11.6 Å². The van der Waals surface area contributed by atoms with Crippen LogP contribution in [-0.2, 0) is 0 Å². The molecule has 0 bridgehead atoms. The minimum absolute atomic E-state index is 0.0304. The standard InChI is InChI=1S/C17H9ClF4N4O/c18-9-5-8(1-2-10(9)19)25-17(27)13-6-14(24-7-23-13)26-12-4-3-11(20)15(21)16(12)22/h1-7H,(H,25,27)(H,23,24,26). The van der Waals surface area contributed by atoms with Crippen LogP contribution in [0.4, 0.5) is 34.8 Å². The predicted octanol–water partition coefficient (Wildman–Crippen LogP) is 4.68. The zero-order valence-corrected chi connectivity index (χ0v) is 14.0. The number of hydrogen-bond donors (Lipinski definition) is 2. The summed E-state index contributed by atoms with van der Waals surface area (Å²) in [6, 6.07) is 6.49. The fraction of sp³-hybridized carbons (Fsp3) is 0. The van der Waals surface area contributed by atoms with Crippen LogP contribution in [0.15, 0.2) is 42.7 Å². The van der Waals surface area contributed by atoms with Gasteiger partial charge >= 0.3 is 0 Å². The van der Waals surface area contributed by atoms with Gasteiger partial charge in [-0.2, -0.15) is 0 Å². The molecule has 3 aromatic rings. The van der Waals surface area contributed by atoms with E-state index >= 15 is 0 Å². The van der Waals surface area contributed by atoms with Gasteiger partial charge in [0.2, 0.25) is 0 Å². The van der Waals surface area contributed by atoms with Crippen molar-refractivity contribution in [3.8, 4) is 0 Å². The van der Waals surface area contributed by atoms with E-state index < -0.39 is 29.2 Å². The SMILES string of the molecule is O=C(Nc1ccc(F)c(Cl)c1)c1cc(Nc2ccc(F)c(F)c2F)ncn1. The van der Waals surface area contributed by atoms with Gasteiger partial charge in [0.25, 0.3) is 5.91 Å². The van der Waals surface area contributed by atoms with E-state index in [2.05, 4.69) is 20.6 Å². The topological polar surface area (TPSA) is 66.9 Å². The molecular formula is C17H9ClF4N4O. The number of amides is 1. The molecular weight excluding hydrogens is 388 g/mol. The minimum Gasteiger partial charge on any atom is -0.338 e. The summed E-state index contributed by atoms with van der Waals surface area (Å²) >= 11 is 5.64. The molecule has 0 saturated heterocycles. The number of halogens is 5. The van der Waals surface area contributed by atoms with Crippen LogP contribution in [0.1, 0.15) is 10.5 Å². The van der Waals surface area contributed by atoms with Crippen molar-refractivity contribution < 1.29 is 22.4 Å². The van der Waals surface area contributed by atoms with Gasteiger partial charge in [-0.05, 0) is 30.3 Å². The molecule has 0 radical (unpaired) electrons. The fourth-order valence-electron chi connectivity index (χ4n) is 2.08. The molecule has 2 N–H and O–H groups in total. The summed E-state index contributed by atoms with van der Waals surface area (Å²) in [7, 11) is 0. The number of nitrogens with one attached hydrogen (secondary N) is 2. The highest BCUT2D eigenvalue weighted by atomic mass is 35.5. The van der Waals surface area contributed by atoms with Crippen LogP contribution in [0.3, 0.4) is 0 Å². The van der Waals surface area contributed by atoms with Crippen molar-refractivity contribution in [3.63, 3.8) is 0 Å². The van der Waals surface area contributed by atoms with Gasteiger partial charge < -0.3 is 10.6 Å². The molecule has 0 aliphatic carbocycles. The summed E-state index contributed by atoms with van der Waals surface area (Å²) in [6.07, 6.45) is 1.02. The van der Waals surface area contributed by atoms with Crippen LogP contribution < -0.4 is 10.6 Å². The average molecular weight is 397 g/mol. The average Bonchev–Trinajstić information content (AvgIpc) is 2.65. The van der Waals surface area contributed by atoms with Gasteiger partial charge in [-0.3, -0.25) is 4.79 Å². The number of carbonyl (C=O) groups excluding carboxylic acids is 1. The van der Waals surface area contributed by atoms with Crippen molar-refractivity contribution in [2.75, 3.05) is 10.6 Å². The molecule has 1 heterocycles. The summed E-state index contributed by atoms with van der Waals surface area (Å²) in [5.74, 6) is -5.75. The van der Waals surface area contributed by atoms with Crippen LogP contribution >= 0.6 is 11.6 Å². The molecule has 0 spiro atoms. The Kier molecular flexibility index (Phi) is 5.22. The van der Waals surface area contributed by atoms with E-state index in [1.807, 2.05) is 0 Å². The largest absolute Gasteiger partial charge is 0.338 e. The molecule has 0 aliphatic heterocycles. The smallest absolute Gasteiger partial charge is 0.274 e. The minimum atomic E-state index is -1.64. The normalized spacial score (nSPS) is 10.6. The van der Waals surface area contributed by atoms with Gasteiger partial charge in [0, 0.05) is 11.8 Å². The number of rotatable bonds is 4. The lowest BCUT2D eigenvalue weighted by atomic mass is 10.2. The highest BCUT2D eigenvalue weighted by Gasteiger charge is 2.15. The van der Waals surface area contributed by atoms with Gasteiger partial charge in [0.05, 0.1) is 10.7 Å². The summed E-state index contributed by atoms with van der Waals surface area (Å²) < 4.78 is 53.1. The molecule has 0 saturated carbocycles. The van der Waals surface area contributed by atoms with Gasteiger partial charge in [0.15, 0.2) is 17.5 Å². The Labute approximate surface area is 155 Å². The van der Waals surface area contributed by atoms with E-state index in [0.29, 0.717) is 0 Å². The second kappa shape index (κ2) is 7.58. The lowest BCUT2D eigenvalue weighted by molar-refractivity contribution is 0.102. The Balaban J connectivity index is 1.80. The predicted molar refractivity (Wildman–Crippen MR) is 91.0 cm³/mol. The maximum atomic E-state index is 13.7. The monoisotopic (exact) mass is 396 g/mol. The third-order valence-corrected chi connectivity index (χ3v) is 3.66. The number of hydrogen-bond acceptors (Lipinski definition) is 4. The second-order valence-electron chi connectivity index (χ2n) is 5.22. The van der Waals surface area contributed by atoms with E-state index in [0.717, 1.165) is 24.5 Å².